The first-order chi connectivity index (χ1) is 6.75. The van der Waals surface area contributed by atoms with Crippen LogP contribution in [0.2, 0.25) is 0 Å². The van der Waals surface area contributed by atoms with E-state index in [2.05, 4.69) is 4.90 Å². The predicted molar refractivity (Wildman–Crippen MR) is 51.2 cm³/mol. The number of likely N-dealkylation sites (tertiary alicyclic amines) is 1. The van der Waals surface area contributed by atoms with Crippen LogP contribution in [0.15, 0.2) is 0 Å². The molecule has 1 N–H and O–H groups in total. The van der Waals surface area contributed by atoms with E-state index in [1.165, 1.54) is 0 Å². The summed E-state index contributed by atoms with van der Waals surface area (Å²) in [4.78, 5) is 12.8. The van der Waals surface area contributed by atoms with Crippen molar-refractivity contribution < 1.29 is 14.6 Å². The summed E-state index contributed by atoms with van der Waals surface area (Å²) in [7, 11) is 0. The summed E-state index contributed by atoms with van der Waals surface area (Å²) in [6, 6.07) is 0.647. The van der Waals surface area contributed by atoms with Gasteiger partial charge in [-0.3, -0.25) is 9.69 Å². The molecule has 0 atom stereocenters. The molecule has 0 aromatic carbocycles. The number of ether oxygens (including phenoxy) is 1. The lowest BCUT2D eigenvalue weighted by atomic mass is 9.92. The molecule has 0 aromatic heterocycles. The maximum atomic E-state index is 10.4. The molecule has 2 aliphatic rings. The fourth-order valence-corrected chi connectivity index (χ4v) is 2.33. The molecule has 14 heavy (non-hydrogen) atoms. The van der Waals surface area contributed by atoms with Crippen LogP contribution in [0.5, 0.6) is 0 Å². The summed E-state index contributed by atoms with van der Waals surface area (Å²) in [6.07, 6.45) is 2.55. The van der Waals surface area contributed by atoms with Gasteiger partial charge in [0.05, 0.1) is 6.42 Å². The highest BCUT2D eigenvalue weighted by molar-refractivity contribution is 5.67. The topological polar surface area (TPSA) is 49.8 Å². The highest BCUT2D eigenvalue weighted by atomic mass is 16.5. The van der Waals surface area contributed by atoms with Crippen LogP contribution in [-0.2, 0) is 9.53 Å². The molecular weight excluding hydrogens is 182 g/mol. The molecule has 2 fully saturated rings. The van der Waals surface area contributed by atoms with Crippen LogP contribution in [0.1, 0.15) is 19.3 Å². The van der Waals surface area contributed by atoms with Crippen LogP contribution in [-0.4, -0.2) is 48.3 Å². The average molecular weight is 199 g/mol. The van der Waals surface area contributed by atoms with E-state index in [-0.39, 0.29) is 0 Å². The molecule has 4 nitrogen and oxygen atoms in total. The van der Waals surface area contributed by atoms with Gasteiger partial charge in [0.15, 0.2) is 0 Å². The Kier molecular flexibility index (Phi) is 3.03. The van der Waals surface area contributed by atoms with Crippen LogP contribution >= 0.6 is 0 Å². The molecule has 2 aliphatic heterocycles. The Morgan fingerprint density at radius 1 is 1.36 bits per heavy atom. The fourth-order valence-electron chi connectivity index (χ4n) is 2.33. The lowest BCUT2D eigenvalue weighted by molar-refractivity contribution is -0.140. The minimum atomic E-state index is -0.665. The number of rotatable bonds is 3. The maximum Gasteiger partial charge on any atom is 0.303 e. The number of nitrogens with zero attached hydrogens (tertiary/aromatic N) is 1. The van der Waals surface area contributed by atoms with Crippen LogP contribution in [0, 0.1) is 5.92 Å². The Morgan fingerprint density at radius 3 is 2.57 bits per heavy atom. The Hall–Kier alpha value is -0.610. The van der Waals surface area contributed by atoms with Crippen molar-refractivity contribution in [1.29, 1.82) is 0 Å². The zero-order chi connectivity index (χ0) is 9.97. The summed E-state index contributed by atoms with van der Waals surface area (Å²) < 4.78 is 5.29. The van der Waals surface area contributed by atoms with Crippen molar-refractivity contribution in [2.24, 2.45) is 5.92 Å². The van der Waals surface area contributed by atoms with Gasteiger partial charge in [0.25, 0.3) is 0 Å². The van der Waals surface area contributed by atoms with E-state index < -0.39 is 5.97 Å². The van der Waals surface area contributed by atoms with Gasteiger partial charge in [0, 0.05) is 32.3 Å². The van der Waals surface area contributed by atoms with E-state index in [9.17, 15) is 4.79 Å². The minimum absolute atomic E-state index is 0.333. The Morgan fingerprint density at radius 2 is 2.00 bits per heavy atom. The molecule has 80 valence electrons. The number of hydrogen-bond acceptors (Lipinski definition) is 3. The second kappa shape index (κ2) is 4.28. The van der Waals surface area contributed by atoms with E-state index in [1.54, 1.807) is 0 Å². The maximum absolute atomic E-state index is 10.4. The number of carboxylic acids is 1. The quantitative estimate of drug-likeness (QED) is 0.722. The predicted octanol–water partition coefficient (Wildman–Crippen LogP) is 0.572. The van der Waals surface area contributed by atoms with Crippen LogP contribution in [0.4, 0.5) is 0 Å². The first-order valence-corrected chi connectivity index (χ1v) is 5.29. The number of aliphatic carboxylic acids is 1. The van der Waals surface area contributed by atoms with E-state index >= 15 is 0 Å². The van der Waals surface area contributed by atoms with Crippen molar-refractivity contribution in [3.8, 4) is 0 Å². The molecule has 0 saturated carbocycles. The molecule has 4 heteroatoms. The molecule has 0 aromatic rings. The lowest BCUT2D eigenvalue weighted by Gasteiger charge is -2.45. The Balaban J connectivity index is 1.68. The van der Waals surface area contributed by atoms with Gasteiger partial charge in [0.2, 0.25) is 0 Å². The normalized spacial score (nSPS) is 26.0. The van der Waals surface area contributed by atoms with E-state index in [1.807, 2.05) is 0 Å². The van der Waals surface area contributed by atoms with Gasteiger partial charge in [-0.15, -0.1) is 0 Å². The third-order valence-electron chi connectivity index (χ3n) is 3.16. The van der Waals surface area contributed by atoms with Crippen molar-refractivity contribution in [3.63, 3.8) is 0 Å². The van der Waals surface area contributed by atoms with Crippen molar-refractivity contribution in [2.45, 2.75) is 25.3 Å². The van der Waals surface area contributed by atoms with Crippen LogP contribution in [0.25, 0.3) is 0 Å². The molecular formula is C10H17NO3. The van der Waals surface area contributed by atoms with Gasteiger partial charge >= 0.3 is 5.97 Å². The summed E-state index contributed by atoms with van der Waals surface area (Å²) in [6.45, 7) is 3.67. The van der Waals surface area contributed by atoms with Crippen LogP contribution in [0.3, 0.4) is 0 Å². The third-order valence-corrected chi connectivity index (χ3v) is 3.16. The van der Waals surface area contributed by atoms with E-state index in [0.717, 1.165) is 39.1 Å². The second-order valence-electron chi connectivity index (χ2n) is 4.26. The molecule has 2 heterocycles. The molecule has 0 radical (unpaired) electrons. The van der Waals surface area contributed by atoms with Gasteiger partial charge in [-0.1, -0.05) is 0 Å². The van der Waals surface area contributed by atoms with Crippen molar-refractivity contribution in [3.05, 3.63) is 0 Å². The lowest BCUT2D eigenvalue weighted by Crippen LogP contribution is -2.54. The number of carbonyl (C=O) groups is 1. The first kappa shape index (κ1) is 9.93. The highest BCUT2D eigenvalue weighted by Gasteiger charge is 2.33. The Labute approximate surface area is 83.8 Å². The minimum Gasteiger partial charge on any atom is -0.481 e. The van der Waals surface area contributed by atoms with E-state index in [4.69, 9.17) is 9.84 Å². The smallest absolute Gasteiger partial charge is 0.303 e. The summed E-state index contributed by atoms with van der Waals surface area (Å²) >= 11 is 0. The zero-order valence-electron chi connectivity index (χ0n) is 8.32. The molecule has 0 spiro atoms. The molecule has 2 rings (SSSR count). The molecule has 0 aliphatic carbocycles. The number of hydrogen-bond donors (Lipinski definition) is 1. The summed E-state index contributed by atoms with van der Waals surface area (Å²) in [5.74, 6) is -0.281. The SMILES string of the molecule is O=C(O)CC1CN(C2CCOCC2)C1. The van der Waals surface area contributed by atoms with Crippen molar-refractivity contribution in [1.82, 2.24) is 4.90 Å². The first-order valence-electron chi connectivity index (χ1n) is 5.29. The second-order valence-corrected chi connectivity index (χ2v) is 4.26. The molecule has 0 bridgehead atoms. The van der Waals surface area contributed by atoms with E-state index in [0.29, 0.717) is 18.4 Å². The van der Waals surface area contributed by atoms with Crippen molar-refractivity contribution in [2.75, 3.05) is 26.3 Å². The monoisotopic (exact) mass is 199 g/mol. The van der Waals surface area contributed by atoms with Gasteiger partial charge in [-0.05, 0) is 18.8 Å². The van der Waals surface area contributed by atoms with Crippen LogP contribution < -0.4 is 0 Å². The third kappa shape index (κ3) is 2.25. The zero-order valence-corrected chi connectivity index (χ0v) is 8.32. The standard InChI is InChI=1S/C10H17NO3/c12-10(13)5-8-6-11(7-8)9-1-3-14-4-2-9/h8-9H,1-7H2,(H,12,13). The van der Waals surface area contributed by atoms with Gasteiger partial charge < -0.3 is 9.84 Å². The average Bonchev–Trinajstić information content (AvgIpc) is 2.12. The van der Waals surface area contributed by atoms with Gasteiger partial charge in [-0.2, -0.15) is 0 Å². The highest BCUT2D eigenvalue weighted by Crippen LogP contribution is 2.25. The molecule has 0 amide bonds. The fraction of sp³-hybridized carbons (Fsp3) is 0.900. The largest absolute Gasteiger partial charge is 0.481 e. The Bertz CT molecular complexity index is 207. The number of carboxylic acid groups (broad SMARTS) is 1. The molecule has 2 saturated heterocycles. The van der Waals surface area contributed by atoms with Gasteiger partial charge in [0.1, 0.15) is 0 Å². The van der Waals surface area contributed by atoms with Crippen molar-refractivity contribution >= 4 is 5.97 Å². The molecule has 0 unspecified atom stereocenters. The summed E-state index contributed by atoms with van der Waals surface area (Å²) in [5.41, 5.74) is 0. The van der Waals surface area contributed by atoms with Gasteiger partial charge in [-0.25, -0.2) is 0 Å². The summed E-state index contributed by atoms with van der Waals surface area (Å²) in [5, 5.41) is 8.61.